The molecule has 2 aromatic heterocycles. The van der Waals surface area contributed by atoms with Gasteiger partial charge in [-0.3, -0.25) is 9.78 Å². The number of hydrogen-bond acceptors (Lipinski definition) is 4. The minimum absolute atomic E-state index is 0.178. The number of carbonyl (C=O) groups is 1. The molecule has 1 atom stereocenters. The molecule has 4 nitrogen and oxygen atoms in total. The van der Waals surface area contributed by atoms with Gasteiger partial charge in [-0.25, -0.2) is 9.37 Å². The van der Waals surface area contributed by atoms with Crippen molar-refractivity contribution >= 4 is 17.2 Å². The number of rotatable bonds is 6. The number of thiazole rings is 1. The van der Waals surface area contributed by atoms with Crippen LogP contribution in [0.5, 0.6) is 0 Å². The van der Waals surface area contributed by atoms with Gasteiger partial charge < -0.3 is 4.90 Å². The average molecular weight is 396 g/mol. The van der Waals surface area contributed by atoms with Crippen molar-refractivity contribution in [1.82, 2.24) is 14.9 Å². The van der Waals surface area contributed by atoms with Crippen molar-refractivity contribution in [3.63, 3.8) is 0 Å². The number of aromatic nitrogens is 2. The summed E-state index contributed by atoms with van der Waals surface area (Å²) in [7, 11) is 0. The van der Waals surface area contributed by atoms with Crippen LogP contribution < -0.4 is 0 Å². The highest BCUT2D eigenvalue weighted by atomic mass is 32.1. The third-order valence-corrected chi connectivity index (χ3v) is 6.03. The Morgan fingerprint density at radius 1 is 1.21 bits per heavy atom. The molecule has 0 N–H and O–H groups in total. The van der Waals surface area contributed by atoms with Gasteiger partial charge in [0.25, 0.3) is 0 Å². The van der Waals surface area contributed by atoms with Gasteiger partial charge in [0.15, 0.2) is 0 Å². The lowest BCUT2D eigenvalue weighted by Crippen LogP contribution is -2.36. The Kier molecular flexibility index (Phi) is 5.76. The Morgan fingerprint density at radius 3 is 2.86 bits per heavy atom. The molecule has 144 valence electrons. The monoisotopic (exact) mass is 395 g/mol. The second-order valence-electron chi connectivity index (χ2n) is 7.07. The Bertz CT molecular complexity index is 926. The number of benzene rings is 1. The van der Waals surface area contributed by atoms with E-state index in [1.807, 2.05) is 40.6 Å². The lowest BCUT2D eigenvalue weighted by Gasteiger charge is -2.25. The Labute approximate surface area is 168 Å². The van der Waals surface area contributed by atoms with E-state index >= 15 is 0 Å². The highest BCUT2D eigenvalue weighted by Crippen LogP contribution is 2.24. The van der Waals surface area contributed by atoms with Gasteiger partial charge in [-0.2, -0.15) is 0 Å². The summed E-state index contributed by atoms with van der Waals surface area (Å²) in [6.45, 7) is 0.806. The average Bonchev–Trinajstić information content (AvgIpc) is 3.38. The van der Waals surface area contributed by atoms with Gasteiger partial charge in [0.2, 0.25) is 5.91 Å². The highest BCUT2D eigenvalue weighted by Gasteiger charge is 2.28. The van der Waals surface area contributed by atoms with Crippen LogP contribution in [0.3, 0.4) is 0 Å². The van der Waals surface area contributed by atoms with E-state index in [0.717, 1.165) is 47.8 Å². The number of hydrogen-bond donors (Lipinski definition) is 0. The molecule has 0 radical (unpaired) electrons. The van der Waals surface area contributed by atoms with Crippen LogP contribution in [-0.4, -0.2) is 33.4 Å². The lowest BCUT2D eigenvalue weighted by molar-refractivity contribution is -0.131. The van der Waals surface area contributed by atoms with E-state index in [-0.39, 0.29) is 17.8 Å². The topological polar surface area (TPSA) is 46.1 Å². The molecule has 0 spiro atoms. The van der Waals surface area contributed by atoms with Crippen LogP contribution in [0.15, 0.2) is 54.0 Å². The summed E-state index contributed by atoms with van der Waals surface area (Å²) in [5.74, 6) is -0.0477. The molecular weight excluding hydrogens is 373 g/mol. The standard InChI is InChI=1S/C22H22FN3OS/c23-17-8-6-16(7-9-17)14-19-4-3-13-26(19)21(27)11-10-18-15-28-22(25-18)20-5-1-2-12-24-20/h1-2,5-9,12,15,19H,3-4,10-11,13-14H2. The number of aryl methyl sites for hydroxylation is 1. The van der Waals surface area contributed by atoms with Gasteiger partial charge in [0, 0.05) is 30.6 Å². The Morgan fingerprint density at radius 2 is 2.07 bits per heavy atom. The van der Waals surface area contributed by atoms with E-state index in [2.05, 4.69) is 9.97 Å². The number of halogens is 1. The molecule has 1 aliphatic heterocycles. The van der Waals surface area contributed by atoms with Gasteiger partial charge in [-0.1, -0.05) is 18.2 Å². The molecule has 1 aliphatic rings. The number of nitrogens with zero attached hydrogens (tertiary/aromatic N) is 3. The van der Waals surface area contributed by atoms with E-state index in [9.17, 15) is 9.18 Å². The van der Waals surface area contributed by atoms with E-state index < -0.39 is 0 Å². The fourth-order valence-corrected chi connectivity index (χ4v) is 4.51. The summed E-state index contributed by atoms with van der Waals surface area (Å²) >= 11 is 1.56. The molecule has 1 aromatic carbocycles. The zero-order valence-electron chi connectivity index (χ0n) is 15.6. The fraction of sp³-hybridized carbons (Fsp3) is 0.318. The van der Waals surface area contributed by atoms with Crippen molar-refractivity contribution < 1.29 is 9.18 Å². The molecule has 1 fully saturated rings. The molecule has 6 heteroatoms. The van der Waals surface area contributed by atoms with Gasteiger partial charge >= 0.3 is 0 Å². The quantitative estimate of drug-likeness (QED) is 0.617. The predicted molar refractivity (Wildman–Crippen MR) is 109 cm³/mol. The molecular formula is C22H22FN3OS. The second-order valence-corrected chi connectivity index (χ2v) is 7.93. The van der Waals surface area contributed by atoms with Crippen LogP contribution in [0.1, 0.15) is 30.5 Å². The lowest BCUT2D eigenvalue weighted by atomic mass is 10.0. The van der Waals surface area contributed by atoms with Crippen LogP contribution in [-0.2, 0) is 17.6 Å². The van der Waals surface area contributed by atoms with Gasteiger partial charge in [-0.05, 0) is 55.5 Å². The molecule has 28 heavy (non-hydrogen) atoms. The SMILES string of the molecule is O=C(CCc1csc(-c2ccccn2)n1)N1CCCC1Cc1ccc(F)cc1. The zero-order valence-corrected chi connectivity index (χ0v) is 16.4. The first-order valence-corrected chi connectivity index (χ1v) is 10.5. The van der Waals surface area contributed by atoms with Crippen molar-refractivity contribution in [2.24, 2.45) is 0 Å². The predicted octanol–water partition coefficient (Wildman–Crippen LogP) is 4.51. The van der Waals surface area contributed by atoms with Gasteiger partial charge in [0.05, 0.1) is 11.4 Å². The molecule has 4 rings (SSSR count). The molecule has 1 amide bonds. The molecule has 3 heterocycles. The largest absolute Gasteiger partial charge is 0.339 e. The Hall–Kier alpha value is -2.60. The van der Waals surface area contributed by atoms with Crippen molar-refractivity contribution in [1.29, 1.82) is 0 Å². The molecule has 0 saturated carbocycles. The second kappa shape index (κ2) is 8.61. The van der Waals surface area contributed by atoms with Crippen LogP contribution in [0.4, 0.5) is 4.39 Å². The first-order chi connectivity index (χ1) is 13.7. The first-order valence-electron chi connectivity index (χ1n) is 9.59. The smallest absolute Gasteiger partial charge is 0.223 e. The van der Waals surface area contributed by atoms with Crippen molar-refractivity contribution in [2.45, 2.75) is 38.1 Å². The van der Waals surface area contributed by atoms with Crippen molar-refractivity contribution in [3.8, 4) is 10.7 Å². The van der Waals surface area contributed by atoms with Crippen LogP contribution >= 0.6 is 11.3 Å². The summed E-state index contributed by atoms with van der Waals surface area (Å²) < 4.78 is 13.1. The van der Waals surface area contributed by atoms with E-state index in [1.54, 1.807) is 17.5 Å². The third kappa shape index (κ3) is 4.44. The number of likely N-dealkylation sites (tertiary alicyclic amines) is 1. The zero-order chi connectivity index (χ0) is 19.3. The van der Waals surface area contributed by atoms with E-state index in [1.165, 1.54) is 12.1 Å². The number of pyridine rings is 1. The highest BCUT2D eigenvalue weighted by molar-refractivity contribution is 7.13. The van der Waals surface area contributed by atoms with Crippen molar-refractivity contribution in [3.05, 3.63) is 71.1 Å². The summed E-state index contributed by atoms with van der Waals surface area (Å²) in [4.78, 5) is 23.7. The minimum atomic E-state index is -0.226. The van der Waals surface area contributed by atoms with Crippen LogP contribution in [0.2, 0.25) is 0 Å². The van der Waals surface area contributed by atoms with Gasteiger partial charge in [0.1, 0.15) is 10.8 Å². The van der Waals surface area contributed by atoms with Crippen LogP contribution in [0.25, 0.3) is 10.7 Å². The van der Waals surface area contributed by atoms with Crippen molar-refractivity contribution in [2.75, 3.05) is 6.54 Å². The van der Waals surface area contributed by atoms with Crippen LogP contribution in [0, 0.1) is 5.82 Å². The maximum atomic E-state index is 13.1. The maximum absolute atomic E-state index is 13.1. The van der Waals surface area contributed by atoms with Gasteiger partial charge in [-0.15, -0.1) is 11.3 Å². The summed E-state index contributed by atoms with van der Waals surface area (Å²) in [5, 5.41) is 2.90. The Balaban J connectivity index is 1.34. The number of amides is 1. The van der Waals surface area contributed by atoms with E-state index in [4.69, 9.17) is 0 Å². The normalized spacial score (nSPS) is 16.5. The maximum Gasteiger partial charge on any atom is 0.223 e. The minimum Gasteiger partial charge on any atom is -0.339 e. The first kappa shape index (κ1) is 18.7. The number of carbonyl (C=O) groups excluding carboxylic acids is 1. The molecule has 0 aliphatic carbocycles. The fourth-order valence-electron chi connectivity index (χ4n) is 3.68. The summed E-state index contributed by atoms with van der Waals surface area (Å²) in [6, 6.07) is 12.6. The summed E-state index contributed by atoms with van der Waals surface area (Å²) in [6.07, 6.45) is 5.68. The molecule has 1 saturated heterocycles. The molecule has 3 aromatic rings. The summed E-state index contributed by atoms with van der Waals surface area (Å²) in [5.41, 5.74) is 2.88. The molecule has 0 bridgehead atoms. The van der Waals surface area contributed by atoms with E-state index in [0.29, 0.717) is 12.8 Å². The molecule has 1 unspecified atom stereocenters. The third-order valence-electron chi connectivity index (χ3n) is 5.11.